The van der Waals surface area contributed by atoms with Crippen molar-refractivity contribution in [3.8, 4) is 5.40 Å². The largest absolute Gasteiger partial charge is 0.318 e. The molecular formula is C17H15N3O2S. The van der Waals surface area contributed by atoms with Crippen LogP contribution in [0.2, 0.25) is 0 Å². The van der Waals surface area contributed by atoms with E-state index >= 15 is 0 Å². The smallest absolute Gasteiger partial charge is 0.314 e. The van der Waals surface area contributed by atoms with Crippen molar-refractivity contribution < 1.29 is 9.59 Å². The lowest BCUT2D eigenvalue weighted by Gasteiger charge is -2.07. The quantitative estimate of drug-likeness (QED) is 0.513. The summed E-state index contributed by atoms with van der Waals surface area (Å²) >= 11 is 1.03. The first-order valence-corrected chi connectivity index (χ1v) is 7.81. The maximum absolute atomic E-state index is 11.9. The molecule has 23 heavy (non-hydrogen) atoms. The van der Waals surface area contributed by atoms with Crippen molar-refractivity contribution in [3.05, 3.63) is 54.1 Å². The summed E-state index contributed by atoms with van der Waals surface area (Å²) in [5.74, 6) is -1.48. The molecule has 0 radical (unpaired) electrons. The Morgan fingerprint density at radius 3 is 1.87 bits per heavy atom. The summed E-state index contributed by atoms with van der Waals surface area (Å²) < 4.78 is 0. The number of thiocyanates is 1. The molecule has 2 aromatic carbocycles. The molecule has 0 heterocycles. The van der Waals surface area contributed by atoms with Gasteiger partial charge in [0.05, 0.1) is 0 Å². The van der Waals surface area contributed by atoms with Crippen LogP contribution in [0.25, 0.3) is 0 Å². The van der Waals surface area contributed by atoms with Gasteiger partial charge in [0.25, 0.3) is 0 Å². The molecule has 0 aliphatic rings. The Bertz CT molecular complexity index is 734. The first kappa shape index (κ1) is 16.6. The molecule has 0 fully saturated rings. The third-order valence-corrected chi connectivity index (χ3v) is 3.70. The Morgan fingerprint density at radius 2 is 1.43 bits per heavy atom. The number of carbonyl (C=O) groups is 2. The lowest BCUT2D eigenvalue weighted by molar-refractivity contribution is -0.132. The molecule has 0 saturated carbocycles. The number of thioether (sulfide) groups is 1. The van der Waals surface area contributed by atoms with Crippen molar-refractivity contribution in [1.29, 1.82) is 5.26 Å². The van der Waals surface area contributed by atoms with Crippen LogP contribution in [0.1, 0.15) is 12.5 Å². The summed E-state index contributed by atoms with van der Waals surface area (Å²) in [6, 6.07) is 14.0. The minimum absolute atomic E-state index is 0.494. The first-order valence-electron chi connectivity index (χ1n) is 6.99. The molecule has 2 N–H and O–H groups in total. The second-order valence-electron chi connectivity index (χ2n) is 4.68. The number of carbonyl (C=O) groups excluding carboxylic acids is 2. The van der Waals surface area contributed by atoms with Crippen LogP contribution in [0, 0.1) is 10.7 Å². The van der Waals surface area contributed by atoms with Gasteiger partial charge < -0.3 is 10.6 Å². The normalized spacial score (nSPS) is 9.74. The van der Waals surface area contributed by atoms with Crippen molar-refractivity contribution in [2.75, 3.05) is 10.6 Å². The van der Waals surface area contributed by atoms with Gasteiger partial charge in [-0.3, -0.25) is 9.59 Å². The van der Waals surface area contributed by atoms with Gasteiger partial charge in [-0.05, 0) is 60.1 Å². The van der Waals surface area contributed by atoms with E-state index < -0.39 is 11.8 Å². The van der Waals surface area contributed by atoms with Crippen molar-refractivity contribution in [1.82, 2.24) is 0 Å². The van der Waals surface area contributed by atoms with Crippen molar-refractivity contribution in [2.24, 2.45) is 0 Å². The Hall–Kier alpha value is -2.78. The maximum Gasteiger partial charge on any atom is 0.314 e. The van der Waals surface area contributed by atoms with E-state index in [9.17, 15) is 9.59 Å². The second kappa shape index (κ2) is 8.01. The number of hydrogen-bond donors (Lipinski definition) is 2. The van der Waals surface area contributed by atoms with Crippen LogP contribution >= 0.6 is 11.8 Å². The molecule has 0 aliphatic heterocycles. The Labute approximate surface area is 138 Å². The van der Waals surface area contributed by atoms with E-state index in [4.69, 9.17) is 5.26 Å². The average Bonchev–Trinajstić information content (AvgIpc) is 2.57. The van der Waals surface area contributed by atoms with Gasteiger partial charge in [0.2, 0.25) is 0 Å². The summed E-state index contributed by atoms with van der Waals surface area (Å²) in [4.78, 5) is 24.5. The molecular weight excluding hydrogens is 310 g/mol. The highest BCUT2D eigenvalue weighted by molar-refractivity contribution is 8.03. The maximum atomic E-state index is 11.9. The molecule has 0 unspecified atom stereocenters. The molecule has 2 rings (SSSR count). The summed E-state index contributed by atoms with van der Waals surface area (Å²) in [7, 11) is 0. The zero-order valence-corrected chi connectivity index (χ0v) is 13.3. The number of nitriles is 1. The van der Waals surface area contributed by atoms with Gasteiger partial charge in [-0.15, -0.1) is 0 Å². The minimum Gasteiger partial charge on any atom is -0.318 e. The van der Waals surface area contributed by atoms with E-state index in [0.717, 1.165) is 28.6 Å². The summed E-state index contributed by atoms with van der Waals surface area (Å²) in [5, 5.41) is 15.6. The number of aryl methyl sites for hydroxylation is 1. The third-order valence-electron chi connectivity index (χ3n) is 3.10. The van der Waals surface area contributed by atoms with Crippen LogP contribution in [-0.2, 0) is 16.0 Å². The molecule has 6 heteroatoms. The van der Waals surface area contributed by atoms with Crippen LogP contribution in [0.3, 0.4) is 0 Å². The fourth-order valence-corrected chi connectivity index (χ4v) is 2.24. The Kier molecular flexibility index (Phi) is 5.78. The molecule has 2 amide bonds. The van der Waals surface area contributed by atoms with E-state index in [1.165, 1.54) is 0 Å². The topological polar surface area (TPSA) is 82.0 Å². The highest BCUT2D eigenvalue weighted by atomic mass is 32.2. The lowest BCUT2D eigenvalue weighted by atomic mass is 10.1. The molecule has 0 saturated heterocycles. The van der Waals surface area contributed by atoms with Crippen LogP contribution in [-0.4, -0.2) is 11.8 Å². The highest BCUT2D eigenvalue weighted by Gasteiger charge is 2.14. The summed E-state index contributed by atoms with van der Waals surface area (Å²) in [6.07, 6.45) is 0.912. The van der Waals surface area contributed by atoms with E-state index in [1.54, 1.807) is 36.4 Å². The SMILES string of the molecule is CCc1ccc(NC(=O)C(=O)Nc2ccc(SC#N)cc2)cc1. The molecule has 0 atom stereocenters. The van der Waals surface area contributed by atoms with Crippen molar-refractivity contribution >= 4 is 35.0 Å². The van der Waals surface area contributed by atoms with Crippen LogP contribution < -0.4 is 10.6 Å². The number of benzene rings is 2. The van der Waals surface area contributed by atoms with Crippen LogP contribution in [0.5, 0.6) is 0 Å². The predicted molar refractivity (Wildman–Crippen MR) is 91.0 cm³/mol. The van der Waals surface area contributed by atoms with Gasteiger partial charge in [-0.2, -0.15) is 5.26 Å². The fourth-order valence-electron chi connectivity index (χ4n) is 1.86. The summed E-state index contributed by atoms with van der Waals surface area (Å²) in [5.41, 5.74) is 2.22. The van der Waals surface area contributed by atoms with E-state index in [1.807, 2.05) is 24.5 Å². The fraction of sp³-hybridized carbons (Fsp3) is 0.118. The number of amides is 2. The predicted octanol–water partition coefficient (Wildman–Crippen LogP) is 3.40. The van der Waals surface area contributed by atoms with Gasteiger partial charge >= 0.3 is 11.8 Å². The Morgan fingerprint density at radius 1 is 0.957 bits per heavy atom. The average molecular weight is 325 g/mol. The van der Waals surface area contributed by atoms with E-state index in [-0.39, 0.29) is 0 Å². The van der Waals surface area contributed by atoms with Gasteiger partial charge in [0.15, 0.2) is 0 Å². The van der Waals surface area contributed by atoms with Gasteiger partial charge in [0.1, 0.15) is 5.40 Å². The zero-order chi connectivity index (χ0) is 16.7. The number of nitrogens with zero attached hydrogens (tertiary/aromatic N) is 1. The molecule has 116 valence electrons. The zero-order valence-electron chi connectivity index (χ0n) is 12.5. The molecule has 0 spiro atoms. The second-order valence-corrected chi connectivity index (χ2v) is 5.53. The Balaban J connectivity index is 1.93. The lowest BCUT2D eigenvalue weighted by Crippen LogP contribution is -2.29. The summed E-state index contributed by atoms with van der Waals surface area (Å²) in [6.45, 7) is 2.04. The molecule has 2 aromatic rings. The molecule has 0 aliphatic carbocycles. The number of hydrogen-bond acceptors (Lipinski definition) is 4. The first-order chi connectivity index (χ1) is 11.1. The molecule has 0 aromatic heterocycles. The standard InChI is InChI=1S/C17H15N3O2S/c1-2-12-3-5-13(6-4-12)19-16(21)17(22)20-14-7-9-15(10-8-14)23-11-18/h3-10H,2H2,1H3,(H,19,21)(H,20,22). The molecule has 5 nitrogen and oxygen atoms in total. The van der Waals surface area contributed by atoms with E-state index in [0.29, 0.717) is 11.4 Å². The van der Waals surface area contributed by atoms with Gasteiger partial charge in [-0.1, -0.05) is 19.1 Å². The number of rotatable bonds is 4. The van der Waals surface area contributed by atoms with Gasteiger partial charge in [-0.25, -0.2) is 0 Å². The minimum atomic E-state index is -0.745. The van der Waals surface area contributed by atoms with Crippen LogP contribution in [0.4, 0.5) is 11.4 Å². The van der Waals surface area contributed by atoms with Crippen molar-refractivity contribution in [3.63, 3.8) is 0 Å². The van der Waals surface area contributed by atoms with Crippen molar-refractivity contribution in [2.45, 2.75) is 18.2 Å². The highest BCUT2D eigenvalue weighted by Crippen LogP contribution is 2.19. The van der Waals surface area contributed by atoms with Crippen LogP contribution in [0.15, 0.2) is 53.4 Å². The number of nitrogens with one attached hydrogen (secondary N) is 2. The third kappa shape index (κ3) is 4.87. The number of anilines is 2. The molecule has 0 bridgehead atoms. The van der Waals surface area contributed by atoms with Gasteiger partial charge in [0, 0.05) is 16.3 Å². The monoisotopic (exact) mass is 325 g/mol. The van der Waals surface area contributed by atoms with E-state index in [2.05, 4.69) is 10.6 Å².